The fraction of sp³-hybridized carbons (Fsp3) is 0.769. The van der Waals surface area contributed by atoms with E-state index in [2.05, 4.69) is 13.8 Å². The molecule has 2 N–H and O–H groups in total. The molecule has 90 valence electrons. The van der Waals surface area contributed by atoms with E-state index in [4.69, 9.17) is 10.7 Å². The van der Waals surface area contributed by atoms with Gasteiger partial charge in [-0.1, -0.05) is 19.8 Å². The van der Waals surface area contributed by atoms with Gasteiger partial charge in [0.05, 0.1) is 11.2 Å². The standard InChI is InChI=1S/C13H22N2S/c1-3-13(2,14)12-15-10-8-6-4-5-7-9-11(10)16-12/h3-9,14H2,1-2H3. The van der Waals surface area contributed by atoms with E-state index >= 15 is 0 Å². The third kappa shape index (κ3) is 2.46. The van der Waals surface area contributed by atoms with Crippen LogP contribution < -0.4 is 5.73 Å². The molecular weight excluding hydrogens is 216 g/mol. The Hall–Kier alpha value is -0.410. The number of aryl methyl sites for hydroxylation is 2. The minimum Gasteiger partial charge on any atom is -0.320 e. The van der Waals surface area contributed by atoms with E-state index in [-0.39, 0.29) is 5.54 Å². The highest BCUT2D eigenvalue weighted by molar-refractivity contribution is 7.11. The average molecular weight is 238 g/mol. The van der Waals surface area contributed by atoms with E-state index in [1.54, 1.807) is 0 Å². The Kier molecular flexibility index (Phi) is 3.65. The Morgan fingerprint density at radius 1 is 1.25 bits per heavy atom. The van der Waals surface area contributed by atoms with Crippen molar-refractivity contribution in [1.29, 1.82) is 0 Å². The normalized spacial score (nSPS) is 20.7. The Morgan fingerprint density at radius 2 is 1.94 bits per heavy atom. The van der Waals surface area contributed by atoms with Crippen LogP contribution in [0.4, 0.5) is 0 Å². The van der Waals surface area contributed by atoms with Crippen molar-refractivity contribution in [3.63, 3.8) is 0 Å². The minimum atomic E-state index is -0.230. The van der Waals surface area contributed by atoms with Crippen LogP contribution in [0.2, 0.25) is 0 Å². The van der Waals surface area contributed by atoms with Crippen molar-refractivity contribution in [1.82, 2.24) is 4.98 Å². The highest BCUT2D eigenvalue weighted by Gasteiger charge is 2.25. The van der Waals surface area contributed by atoms with Crippen molar-refractivity contribution in [2.45, 2.75) is 64.3 Å². The molecule has 0 saturated heterocycles. The molecule has 1 aromatic heterocycles. The van der Waals surface area contributed by atoms with Gasteiger partial charge >= 0.3 is 0 Å². The minimum absolute atomic E-state index is 0.230. The van der Waals surface area contributed by atoms with Crippen LogP contribution in [-0.2, 0) is 18.4 Å². The van der Waals surface area contributed by atoms with Crippen LogP contribution in [0, 0.1) is 0 Å². The topological polar surface area (TPSA) is 38.9 Å². The maximum atomic E-state index is 6.28. The number of thiazole rings is 1. The molecule has 1 aliphatic rings. The van der Waals surface area contributed by atoms with E-state index < -0.39 is 0 Å². The van der Waals surface area contributed by atoms with E-state index in [0.29, 0.717) is 0 Å². The first kappa shape index (κ1) is 12.1. The van der Waals surface area contributed by atoms with Crippen molar-refractivity contribution in [3.05, 3.63) is 15.6 Å². The van der Waals surface area contributed by atoms with Crippen LogP contribution in [0.5, 0.6) is 0 Å². The SMILES string of the molecule is CCC(C)(N)c1nc2c(s1)CCCCCC2. The molecule has 2 rings (SSSR count). The lowest BCUT2D eigenvalue weighted by Gasteiger charge is -2.18. The Morgan fingerprint density at radius 3 is 2.62 bits per heavy atom. The largest absolute Gasteiger partial charge is 0.320 e. The summed E-state index contributed by atoms with van der Waals surface area (Å²) in [7, 11) is 0. The van der Waals surface area contributed by atoms with Crippen molar-refractivity contribution >= 4 is 11.3 Å². The highest BCUT2D eigenvalue weighted by Crippen LogP contribution is 2.31. The van der Waals surface area contributed by atoms with E-state index in [1.807, 2.05) is 11.3 Å². The molecule has 2 nitrogen and oxygen atoms in total. The van der Waals surface area contributed by atoms with Gasteiger partial charge in [0.2, 0.25) is 0 Å². The van der Waals surface area contributed by atoms with Gasteiger partial charge in [-0.05, 0) is 39.0 Å². The van der Waals surface area contributed by atoms with Gasteiger partial charge in [-0.15, -0.1) is 11.3 Å². The third-order valence-electron chi connectivity index (χ3n) is 3.57. The van der Waals surface area contributed by atoms with Crippen LogP contribution in [0.25, 0.3) is 0 Å². The Balaban J connectivity index is 2.27. The van der Waals surface area contributed by atoms with Crippen LogP contribution >= 0.6 is 11.3 Å². The van der Waals surface area contributed by atoms with Crippen molar-refractivity contribution < 1.29 is 0 Å². The molecule has 0 aliphatic heterocycles. The second-order valence-electron chi connectivity index (χ2n) is 5.07. The summed E-state index contributed by atoms with van der Waals surface area (Å²) in [6.07, 6.45) is 8.68. The van der Waals surface area contributed by atoms with E-state index in [1.165, 1.54) is 42.7 Å². The van der Waals surface area contributed by atoms with Gasteiger partial charge in [0.1, 0.15) is 5.01 Å². The maximum Gasteiger partial charge on any atom is 0.113 e. The predicted octanol–water partition coefficient (Wildman–Crippen LogP) is 3.39. The van der Waals surface area contributed by atoms with E-state index in [9.17, 15) is 0 Å². The zero-order chi connectivity index (χ0) is 11.6. The van der Waals surface area contributed by atoms with Gasteiger partial charge in [0, 0.05) is 4.88 Å². The Bertz CT molecular complexity index is 329. The fourth-order valence-electron chi connectivity index (χ4n) is 2.10. The molecule has 1 aromatic rings. The monoisotopic (exact) mass is 238 g/mol. The molecule has 0 fully saturated rings. The molecule has 1 aliphatic carbocycles. The molecule has 0 spiro atoms. The van der Waals surface area contributed by atoms with Crippen LogP contribution in [0.15, 0.2) is 0 Å². The van der Waals surface area contributed by atoms with Crippen LogP contribution in [0.1, 0.15) is 61.5 Å². The van der Waals surface area contributed by atoms with Crippen LogP contribution in [-0.4, -0.2) is 4.98 Å². The molecular formula is C13H22N2S. The summed E-state index contributed by atoms with van der Waals surface area (Å²) >= 11 is 1.85. The maximum absolute atomic E-state index is 6.28. The number of aromatic nitrogens is 1. The van der Waals surface area contributed by atoms with Gasteiger partial charge in [-0.3, -0.25) is 0 Å². The average Bonchev–Trinajstić information content (AvgIpc) is 2.61. The quantitative estimate of drug-likeness (QED) is 0.858. The molecule has 0 bridgehead atoms. The first-order valence-electron chi connectivity index (χ1n) is 6.41. The fourth-order valence-corrected chi connectivity index (χ4v) is 3.38. The van der Waals surface area contributed by atoms with Gasteiger partial charge in [-0.2, -0.15) is 0 Å². The van der Waals surface area contributed by atoms with Gasteiger partial charge in [-0.25, -0.2) is 4.98 Å². The molecule has 1 unspecified atom stereocenters. The van der Waals surface area contributed by atoms with E-state index in [0.717, 1.165) is 17.8 Å². The molecule has 0 radical (unpaired) electrons. The van der Waals surface area contributed by atoms with Gasteiger partial charge < -0.3 is 5.73 Å². The molecule has 1 atom stereocenters. The van der Waals surface area contributed by atoms with Gasteiger partial charge in [0.15, 0.2) is 0 Å². The predicted molar refractivity (Wildman–Crippen MR) is 69.8 cm³/mol. The lowest BCUT2D eigenvalue weighted by Crippen LogP contribution is -2.31. The lowest BCUT2D eigenvalue weighted by molar-refractivity contribution is 0.472. The zero-order valence-corrected chi connectivity index (χ0v) is 11.2. The second-order valence-corrected chi connectivity index (χ2v) is 6.16. The summed E-state index contributed by atoms with van der Waals surface area (Å²) in [5.74, 6) is 0. The molecule has 0 amide bonds. The smallest absolute Gasteiger partial charge is 0.113 e. The van der Waals surface area contributed by atoms with Gasteiger partial charge in [0.25, 0.3) is 0 Å². The summed E-state index contributed by atoms with van der Waals surface area (Å²) in [5, 5.41) is 1.14. The molecule has 3 heteroatoms. The summed E-state index contributed by atoms with van der Waals surface area (Å²) in [6, 6.07) is 0. The second kappa shape index (κ2) is 4.84. The zero-order valence-electron chi connectivity index (χ0n) is 10.4. The summed E-state index contributed by atoms with van der Waals surface area (Å²) in [6.45, 7) is 4.23. The number of hydrogen-bond acceptors (Lipinski definition) is 3. The number of rotatable bonds is 2. The molecule has 0 saturated carbocycles. The number of nitrogens with zero attached hydrogens (tertiary/aromatic N) is 1. The summed E-state index contributed by atoms with van der Waals surface area (Å²) in [5.41, 5.74) is 7.38. The third-order valence-corrected chi connectivity index (χ3v) is 5.01. The van der Waals surface area contributed by atoms with Crippen molar-refractivity contribution in [2.24, 2.45) is 5.73 Å². The van der Waals surface area contributed by atoms with Crippen molar-refractivity contribution in [3.8, 4) is 0 Å². The summed E-state index contributed by atoms with van der Waals surface area (Å²) < 4.78 is 0. The molecule has 16 heavy (non-hydrogen) atoms. The lowest BCUT2D eigenvalue weighted by atomic mass is 10.0. The summed E-state index contributed by atoms with van der Waals surface area (Å²) in [4.78, 5) is 6.29. The first-order chi connectivity index (χ1) is 7.63. The Labute approximate surface area is 102 Å². The molecule has 0 aromatic carbocycles. The highest BCUT2D eigenvalue weighted by atomic mass is 32.1. The van der Waals surface area contributed by atoms with Crippen LogP contribution in [0.3, 0.4) is 0 Å². The number of nitrogens with two attached hydrogens (primary N) is 1. The molecule has 1 heterocycles. The van der Waals surface area contributed by atoms with Crippen molar-refractivity contribution in [2.75, 3.05) is 0 Å². The number of fused-ring (bicyclic) bond motifs is 1. The number of hydrogen-bond donors (Lipinski definition) is 1. The first-order valence-corrected chi connectivity index (χ1v) is 7.23.